The molecule has 0 saturated carbocycles. The summed E-state index contributed by atoms with van der Waals surface area (Å²) < 4.78 is 11.5. The van der Waals surface area contributed by atoms with Gasteiger partial charge in [-0.1, -0.05) is 0 Å². The summed E-state index contributed by atoms with van der Waals surface area (Å²) in [6, 6.07) is 0. The van der Waals surface area contributed by atoms with Crippen LogP contribution >= 0.6 is 0 Å². The molecule has 0 aromatic carbocycles. The van der Waals surface area contributed by atoms with Crippen molar-refractivity contribution in [3.8, 4) is 0 Å². The van der Waals surface area contributed by atoms with Crippen molar-refractivity contribution < 1.29 is 14.3 Å². The number of anilines is 1. The summed E-state index contributed by atoms with van der Waals surface area (Å²) in [6.45, 7) is 2.22. The zero-order chi connectivity index (χ0) is 14.3. The van der Waals surface area contributed by atoms with Gasteiger partial charge in [-0.3, -0.25) is 9.48 Å². The highest BCUT2D eigenvalue weighted by Crippen LogP contribution is 2.13. The predicted octanol–water partition coefficient (Wildman–Crippen LogP) is 0.127. The first-order valence-electron chi connectivity index (χ1n) is 6.16. The van der Waals surface area contributed by atoms with Crippen molar-refractivity contribution in [1.29, 1.82) is 0 Å². The van der Waals surface area contributed by atoms with Crippen molar-refractivity contribution in [3.63, 3.8) is 0 Å². The molecule has 0 saturated heterocycles. The lowest BCUT2D eigenvalue weighted by Gasteiger charge is -2.22. The summed E-state index contributed by atoms with van der Waals surface area (Å²) in [6.07, 6.45) is 2.26. The van der Waals surface area contributed by atoms with Crippen LogP contribution in [0.25, 0.3) is 0 Å². The van der Waals surface area contributed by atoms with Crippen LogP contribution in [0.5, 0.6) is 0 Å². The highest BCUT2D eigenvalue weighted by molar-refractivity contribution is 5.98. The smallest absolute Gasteiger partial charge is 0.259 e. The quantitative estimate of drug-likeness (QED) is 0.679. The molecule has 0 spiro atoms. The van der Waals surface area contributed by atoms with Gasteiger partial charge in [0.05, 0.1) is 12.8 Å². The van der Waals surface area contributed by atoms with Gasteiger partial charge in [-0.2, -0.15) is 5.10 Å². The van der Waals surface area contributed by atoms with Crippen LogP contribution in [0.15, 0.2) is 6.20 Å². The van der Waals surface area contributed by atoms with E-state index >= 15 is 0 Å². The second-order valence-corrected chi connectivity index (χ2v) is 4.20. The maximum Gasteiger partial charge on any atom is 0.259 e. The van der Waals surface area contributed by atoms with Crippen molar-refractivity contribution in [1.82, 2.24) is 14.7 Å². The first-order chi connectivity index (χ1) is 9.11. The third-order valence-corrected chi connectivity index (χ3v) is 2.84. The van der Waals surface area contributed by atoms with Crippen LogP contribution in [0.3, 0.4) is 0 Å². The van der Waals surface area contributed by atoms with Gasteiger partial charge in [0.2, 0.25) is 0 Å². The molecule has 0 unspecified atom stereocenters. The first kappa shape index (κ1) is 15.5. The number of hydrogen-bond donors (Lipinski definition) is 1. The van der Waals surface area contributed by atoms with E-state index in [1.807, 2.05) is 0 Å². The zero-order valence-electron chi connectivity index (χ0n) is 11.8. The zero-order valence-corrected chi connectivity index (χ0v) is 11.8. The molecule has 19 heavy (non-hydrogen) atoms. The number of aromatic nitrogens is 2. The fourth-order valence-corrected chi connectivity index (χ4v) is 1.70. The summed E-state index contributed by atoms with van der Waals surface area (Å²) in [5, 5.41) is 3.98. The number of nitrogens with two attached hydrogens (primary N) is 1. The van der Waals surface area contributed by atoms with Crippen LogP contribution in [0.4, 0.5) is 5.82 Å². The van der Waals surface area contributed by atoms with Gasteiger partial charge in [0.1, 0.15) is 11.4 Å². The normalized spacial score (nSPS) is 10.7. The topological polar surface area (TPSA) is 82.6 Å². The maximum atomic E-state index is 12.4. The molecule has 1 amide bonds. The molecule has 1 aromatic rings. The van der Waals surface area contributed by atoms with Crippen LogP contribution in [0.2, 0.25) is 0 Å². The molecule has 0 aliphatic heterocycles. The molecule has 0 radical (unpaired) electrons. The molecule has 2 N–H and O–H groups in total. The van der Waals surface area contributed by atoms with Gasteiger partial charge in [0, 0.05) is 41.0 Å². The second kappa shape index (κ2) is 7.75. The Hall–Kier alpha value is -1.60. The van der Waals surface area contributed by atoms with E-state index in [1.54, 1.807) is 26.2 Å². The molecule has 7 nitrogen and oxygen atoms in total. The molecule has 0 atom stereocenters. The Kier molecular flexibility index (Phi) is 6.31. The van der Waals surface area contributed by atoms with E-state index < -0.39 is 0 Å². The molecule has 1 aromatic heterocycles. The van der Waals surface area contributed by atoms with Gasteiger partial charge < -0.3 is 20.1 Å². The Balaban J connectivity index is 2.72. The number of nitrogen functional groups attached to an aromatic ring is 1. The minimum Gasteiger partial charge on any atom is -0.385 e. The van der Waals surface area contributed by atoms with E-state index in [0.717, 1.165) is 6.42 Å². The second-order valence-electron chi connectivity index (χ2n) is 4.20. The van der Waals surface area contributed by atoms with Crippen LogP contribution in [0.1, 0.15) is 16.8 Å². The highest BCUT2D eigenvalue weighted by Gasteiger charge is 2.20. The number of hydrogen-bond acceptors (Lipinski definition) is 5. The third-order valence-electron chi connectivity index (χ3n) is 2.84. The molecule has 0 bridgehead atoms. The van der Waals surface area contributed by atoms with Gasteiger partial charge >= 0.3 is 0 Å². The summed E-state index contributed by atoms with van der Waals surface area (Å²) in [7, 11) is 4.95. The van der Waals surface area contributed by atoms with E-state index in [9.17, 15) is 4.79 Å². The van der Waals surface area contributed by atoms with Crippen molar-refractivity contribution in [2.45, 2.75) is 6.42 Å². The number of ether oxygens (including phenoxy) is 2. The number of aryl methyl sites for hydroxylation is 1. The summed E-state index contributed by atoms with van der Waals surface area (Å²) in [5.41, 5.74) is 6.25. The van der Waals surface area contributed by atoms with Gasteiger partial charge in [0.25, 0.3) is 5.91 Å². The summed E-state index contributed by atoms with van der Waals surface area (Å²) >= 11 is 0. The average Bonchev–Trinajstić information content (AvgIpc) is 2.73. The number of amides is 1. The Morgan fingerprint density at radius 1 is 1.37 bits per heavy atom. The lowest BCUT2D eigenvalue weighted by molar-refractivity contribution is 0.0675. The van der Waals surface area contributed by atoms with E-state index in [1.165, 1.54) is 10.9 Å². The van der Waals surface area contributed by atoms with E-state index in [2.05, 4.69) is 5.10 Å². The van der Waals surface area contributed by atoms with Crippen LogP contribution in [0, 0.1) is 0 Å². The Morgan fingerprint density at radius 3 is 2.58 bits per heavy atom. The fraction of sp³-hybridized carbons (Fsp3) is 0.667. The molecule has 0 aliphatic rings. The SMILES string of the molecule is COCCCN(CCOC)C(=O)c1cnn(C)c1N. The largest absolute Gasteiger partial charge is 0.385 e. The number of carbonyl (C=O) groups is 1. The Morgan fingerprint density at radius 2 is 2.05 bits per heavy atom. The Bertz CT molecular complexity index is 406. The van der Waals surface area contributed by atoms with Crippen LogP contribution in [-0.2, 0) is 16.5 Å². The minimum absolute atomic E-state index is 0.126. The molecule has 1 heterocycles. The third kappa shape index (κ3) is 4.22. The highest BCUT2D eigenvalue weighted by atomic mass is 16.5. The summed E-state index contributed by atoms with van der Waals surface area (Å²) in [4.78, 5) is 14.1. The van der Waals surface area contributed by atoms with Gasteiger partial charge in [0.15, 0.2) is 0 Å². The summed E-state index contributed by atoms with van der Waals surface area (Å²) in [5.74, 6) is 0.248. The lowest BCUT2D eigenvalue weighted by Crippen LogP contribution is -2.35. The molecular weight excluding hydrogens is 248 g/mol. The van der Waals surface area contributed by atoms with Crippen molar-refractivity contribution >= 4 is 11.7 Å². The maximum absolute atomic E-state index is 12.4. The van der Waals surface area contributed by atoms with E-state index in [0.29, 0.717) is 37.7 Å². The molecule has 7 heteroatoms. The Labute approximate surface area is 113 Å². The number of nitrogens with zero attached hydrogens (tertiary/aromatic N) is 3. The standard InChI is InChI=1S/C12H22N4O3/c1-15-11(13)10(9-14-15)12(17)16(6-8-19-3)5-4-7-18-2/h9H,4-8,13H2,1-3H3. The molecule has 0 aliphatic carbocycles. The van der Waals surface area contributed by atoms with Gasteiger partial charge in [-0.15, -0.1) is 0 Å². The molecule has 1 rings (SSSR count). The monoisotopic (exact) mass is 270 g/mol. The van der Waals surface area contributed by atoms with Gasteiger partial charge in [-0.25, -0.2) is 0 Å². The van der Waals surface area contributed by atoms with Crippen molar-refractivity contribution in [3.05, 3.63) is 11.8 Å². The first-order valence-corrected chi connectivity index (χ1v) is 6.16. The number of methoxy groups -OCH3 is 2. The van der Waals surface area contributed by atoms with E-state index in [-0.39, 0.29) is 5.91 Å². The predicted molar refractivity (Wildman–Crippen MR) is 71.9 cm³/mol. The molecular formula is C12H22N4O3. The van der Waals surface area contributed by atoms with E-state index in [4.69, 9.17) is 15.2 Å². The van der Waals surface area contributed by atoms with Crippen molar-refractivity contribution in [2.24, 2.45) is 7.05 Å². The lowest BCUT2D eigenvalue weighted by atomic mass is 10.2. The molecule has 108 valence electrons. The van der Waals surface area contributed by atoms with Crippen LogP contribution in [-0.4, -0.2) is 61.1 Å². The van der Waals surface area contributed by atoms with Crippen molar-refractivity contribution in [2.75, 3.05) is 46.3 Å². The average molecular weight is 270 g/mol. The van der Waals surface area contributed by atoms with Crippen LogP contribution < -0.4 is 5.73 Å². The fourth-order valence-electron chi connectivity index (χ4n) is 1.70. The minimum atomic E-state index is -0.126. The van der Waals surface area contributed by atoms with Gasteiger partial charge in [-0.05, 0) is 6.42 Å². The number of rotatable bonds is 8. The molecule has 0 fully saturated rings. The number of carbonyl (C=O) groups excluding carboxylic acids is 1.